The zero-order chi connectivity index (χ0) is 13.5. The summed E-state index contributed by atoms with van der Waals surface area (Å²) in [5.41, 5.74) is 1.18. The third-order valence-corrected chi connectivity index (χ3v) is 4.05. The van der Waals surface area contributed by atoms with E-state index in [1.807, 2.05) is 18.2 Å². The van der Waals surface area contributed by atoms with Crippen LogP contribution in [0.25, 0.3) is 0 Å². The molecule has 1 heterocycles. The van der Waals surface area contributed by atoms with Crippen LogP contribution >= 0.6 is 15.9 Å². The molecule has 0 aromatic heterocycles. The first-order chi connectivity index (χ1) is 9.29. The third-order valence-electron chi connectivity index (χ3n) is 3.42. The van der Waals surface area contributed by atoms with E-state index in [0.29, 0.717) is 18.4 Å². The highest BCUT2D eigenvalue weighted by molar-refractivity contribution is 9.09. The van der Waals surface area contributed by atoms with Crippen LogP contribution in [-0.2, 0) is 16.1 Å². The molecule has 1 aliphatic rings. The first kappa shape index (κ1) is 14.7. The Bertz CT molecular complexity index is 396. The molecular formula is C15H20BrNO2. The lowest BCUT2D eigenvalue weighted by Gasteiger charge is -2.32. The Labute approximate surface area is 122 Å². The highest BCUT2D eigenvalue weighted by atomic mass is 79.9. The minimum absolute atomic E-state index is 0.136. The zero-order valence-corrected chi connectivity index (χ0v) is 12.6. The summed E-state index contributed by atoms with van der Waals surface area (Å²) in [6, 6.07) is 10.3. The smallest absolute Gasteiger partial charge is 0.145 e. The standard InChI is InChI=1S/C15H20BrNO2/c16-10-13(18)9-14-15(7-4-8-17-14)19-11-12-5-2-1-3-6-12/h1-3,5-6,14-15,17H,4,7-11H2. The normalized spacial score (nSPS) is 23.2. The van der Waals surface area contributed by atoms with Crippen LogP contribution in [0, 0.1) is 0 Å². The fraction of sp³-hybridized carbons (Fsp3) is 0.533. The summed E-state index contributed by atoms with van der Waals surface area (Å²) >= 11 is 3.22. The van der Waals surface area contributed by atoms with Gasteiger partial charge in [0.1, 0.15) is 5.78 Å². The van der Waals surface area contributed by atoms with Gasteiger partial charge >= 0.3 is 0 Å². The molecule has 2 atom stereocenters. The van der Waals surface area contributed by atoms with Crippen molar-refractivity contribution in [3.63, 3.8) is 0 Å². The average molecular weight is 326 g/mol. The molecule has 4 heteroatoms. The second kappa shape index (κ2) is 7.78. The van der Waals surface area contributed by atoms with Crippen molar-refractivity contribution >= 4 is 21.7 Å². The van der Waals surface area contributed by atoms with Gasteiger partial charge in [-0.1, -0.05) is 46.3 Å². The Morgan fingerprint density at radius 3 is 2.89 bits per heavy atom. The molecular weight excluding hydrogens is 306 g/mol. The molecule has 2 rings (SSSR count). The summed E-state index contributed by atoms with van der Waals surface area (Å²) in [4.78, 5) is 11.6. The highest BCUT2D eigenvalue weighted by Crippen LogP contribution is 2.17. The van der Waals surface area contributed by atoms with Crippen molar-refractivity contribution in [3.05, 3.63) is 35.9 Å². The summed E-state index contributed by atoms with van der Waals surface area (Å²) in [6.45, 7) is 1.59. The molecule has 3 nitrogen and oxygen atoms in total. The number of alkyl halides is 1. The monoisotopic (exact) mass is 325 g/mol. The number of halogens is 1. The average Bonchev–Trinajstić information content (AvgIpc) is 2.47. The molecule has 1 aromatic rings. The van der Waals surface area contributed by atoms with Crippen LogP contribution < -0.4 is 5.32 Å². The van der Waals surface area contributed by atoms with Crippen molar-refractivity contribution in [2.24, 2.45) is 0 Å². The molecule has 2 unspecified atom stereocenters. The molecule has 0 spiro atoms. The maximum absolute atomic E-state index is 11.6. The highest BCUT2D eigenvalue weighted by Gasteiger charge is 2.27. The van der Waals surface area contributed by atoms with E-state index in [-0.39, 0.29) is 17.9 Å². The summed E-state index contributed by atoms with van der Waals surface area (Å²) in [6.07, 6.45) is 2.82. The van der Waals surface area contributed by atoms with Crippen molar-refractivity contribution in [2.45, 2.75) is 38.0 Å². The number of Topliss-reactive ketones (excluding diaryl/α,β-unsaturated/α-hetero) is 1. The molecule has 1 N–H and O–H groups in total. The van der Waals surface area contributed by atoms with Crippen LogP contribution in [0.1, 0.15) is 24.8 Å². The van der Waals surface area contributed by atoms with E-state index in [4.69, 9.17) is 4.74 Å². The van der Waals surface area contributed by atoms with Gasteiger partial charge in [-0.05, 0) is 24.9 Å². The largest absolute Gasteiger partial charge is 0.372 e. The van der Waals surface area contributed by atoms with Gasteiger partial charge < -0.3 is 10.1 Å². The number of rotatable bonds is 6. The van der Waals surface area contributed by atoms with E-state index >= 15 is 0 Å². The Hall–Kier alpha value is -0.710. The lowest BCUT2D eigenvalue weighted by atomic mass is 9.97. The summed E-state index contributed by atoms with van der Waals surface area (Å²) in [5, 5.41) is 3.83. The van der Waals surface area contributed by atoms with Crippen LogP contribution in [-0.4, -0.2) is 29.8 Å². The molecule has 0 aliphatic carbocycles. The van der Waals surface area contributed by atoms with Crippen molar-refractivity contribution < 1.29 is 9.53 Å². The van der Waals surface area contributed by atoms with Crippen LogP contribution in [0.3, 0.4) is 0 Å². The number of carbonyl (C=O) groups excluding carboxylic acids is 1. The van der Waals surface area contributed by atoms with Gasteiger partial charge in [-0.3, -0.25) is 4.79 Å². The van der Waals surface area contributed by atoms with Crippen molar-refractivity contribution in [2.75, 3.05) is 11.9 Å². The first-order valence-corrected chi connectivity index (χ1v) is 7.88. The minimum Gasteiger partial charge on any atom is -0.372 e. The van der Waals surface area contributed by atoms with E-state index in [1.54, 1.807) is 0 Å². The lowest BCUT2D eigenvalue weighted by molar-refractivity contribution is -0.118. The number of piperidine rings is 1. The van der Waals surface area contributed by atoms with Gasteiger partial charge in [0, 0.05) is 12.5 Å². The molecule has 0 saturated carbocycles. The molecule has 0 bridgehead atoms. The zero-order valence-electron chi connectivity index (χ0n) is 11.0. The molecule has 19 heavy (non-hydrogen) atoms. The maximum atomic E-state index is 11.6. The first-order valence-electron chi connectivity index (χ1n) is 6.76. The second-order valence-corrected chi connectivity index (χ2v) is 5.48. The van der Waals surface area contributed by atoms with Crippen molar-refractivity contribution in [1.82, 2.24) is 5.32 Å². The van der Waals surface area contributed by atoms with E-state index in [1.165, 1.54) is 5.56 Å². The number of hydrogen-bond acceptors (Lipinski definition) is 3. The van der Waals surface area contributed by atoms with Gasteiger partial charge in [0.05, 0.1) is 18.0 Å². The van der Waals surface area contributed by atoms with Crippen molar-refractivity contribution in [3.8, 4) is 0 Å². The number of benzene rings is 1. The second-order valence-electron chi connectivity index (χ2n) is 4.91. The van der Waals surface area contributed by atoms with Crippen molar-refractivity contribution in [1.29, 1.82) is 0 Å². The molecule has 0 radical (unpaired) electrons. The molecule has 1 saturated heterocycles. The third kappa shape index (κ3) is 4.71. The maximum Gasteiger partial charge on any atom is 0.145 e. The fourth-order valence-electron chi connectivity index (χ4n) is 2.40. The van der Waals surface area contributed by atoms with E-state index in [2.05, 4.69) is 33.4 Å². The predicted molar refractivity (Wildman–Crippen MR) is 79.5 cm³/mol. The Morgan fingerprint density at radius 1 is 1.37 bits per heavy atom. The minimum atomic E-state index is 0.136. The van der Waals surface area contributed by atoms with Gasteiger partial charge in [-0.15, -0.1) is 0 Å². The number of nitrogens with one attached hydrogen (secondary N) is 1. The number of carbonyl (C=O) groups is 1. The fourth-order valence-corrected chi connectivity index (χ4v) is 2.63. The van der Waals surface area contributed by atoms with E-state index < -0.39 is 0 Å². The summed E-state index contributed by atoms with van der Waals surface area (Å²) < 4.78 is 6.00. The Kier molecular flexibility index (Phi) is 6.01. The number of ether oxygens (including phenoxy) is 1. The Balaban J connectivity index is 1.87. The molecule has 1 fully saturated rings. The van der Waals surface area contributed by atoms with E-state index in [0.717, 1.165) is 19.4 Å². The van der Waals surface area contributed by atoms with E-state index in [9.17, 15) is 4.79 Å². The Morgan fingerprint density at radius 2 is 2.16 bits per heavy atom. The summed E-state index contributed by atoms with van der Waals surface area (Å²) in [5.74, 6) is 0.229. The van der Waals surface area contributed by atoms with Crippen LogP contribution in [0.2, 0.25) is 0 Å². The number of ketones is 1. The van der Waals surface area contributed by atoms with Gasteiger partial charge in [-0.2, -0.15) is 0 Å². The van der Waals surface area contributed by atoms with Crippen LogP contribution in [0.5, 0.6) is 0 Å². The lowest BCUT2D eigenvalue weighted by Crippen LogP contribution is -2.47. The van der Waals surface area contributed by atoms with Crippen LogP contribution in [0.4, 0.5) is 0 Å². The molecule has 1 aromatic carbocycles. The topological polar surface area (TPSA) is 38.3 Å². The summed E-state index contributed by atoms with van der Waals surface area (Å²) in [7, 11) is 0. The van der Waals surface area contributed by atoms with Gasteiger partial charge in [-0.25, -0.2) is 0 Å². The molecule has 0 amide bonds. The number of hydrogen-bond donors (Lipinski definition) is 1. The SMILES string of the molecule is O=C(CBr)CC1NCCCC1OCc1ccccc1. The van der Waals surface area contributed by atoms with Gasteiger partial charge in [0.2, 0.25) is 0 Å². The van der Waals surface area contributed by atoms with Gasteiger partial charge in [0.15, 0.2) is 0 Å². The molecule has 104 valence electrons. The van der Waals surface area contributed by atoms with Gasteiger partial charge in [0.25, 0.3) is 0 Å². The quantitative estimate of drug-likeness (QED) is 0.817. The molecule has 1 aliphatic heterocycles. The predicted octanol–water partition coefficient (Wildman–Crippen LogP) is 2.68. The van der Waals surface area contributed by atoms with Crippen LogP contribution in [0.15, 0.2) is 30.3 Å².